The van der Waals surface area contributed by atoms with Crippen LogP contribution in [0.2, 0.25) is 0 Å². The molecule has 5 atom stereocenters. The maximum absolute atomic E-state index is 13.1. The second-order valence-corrected chi connectivity index (χ2v) is 9.14. The van der Waals surface area contributed by atoms with Crippen molar-refractivity contribution >= 4 is 36.3 Å². The predicted molar refractivity (Wildman–Crippen MR) is 139 cm³/mol. The van der Waals surface area contributed by atoms with E-state index in [1.54, 1.807) is 19.1 Å². The van der Waals surface area contributed by atoms with Crippen LogP contribution >= 0.6 is 12.6 Å². The van der Waals surface area contributed by atoms with Gasteiger partial charge in [-0.2, -0.15) is 12.6 Å². The van der Waals surface area contributed by atoms with Crippen LogP contribution in [0.1, 0.15) is 31.5 Å². The Kier molecular flexibility index (Phi) is 11.4. The molecule has 1 aromatic heterocycles. The van der Waals surface area contributed by atoms with Crippen molar-refractivity contribution in [1.29, 1.82) is 0 Å². The largest absolute Gasteiger partial charge is 0.508 e. The zero-order chi connectivity index (χ0) is 27.5. The summed E-state index contributed by atoms with van der Waals surface area (Å²) in [6.45, 7) is 3.57. The summed E-state index contributed by atoms with van der Waals surface area (Å²) < 4.78 is 0. The topological polar surface area (TPSA) is 200 Å². The average molecular weight is 535 g/mol. The molecule has 0 radical (unpaired) electrons. The van der Waals surface area contributed by atoms with E-state index in [1.165, 1.54) is 24.7 Å². The summed E-state index contributed by atoms with van der Waals surface area (Å²) in [6.07, 6.45) is 3.68. The molecule has 0 bridgehead atoms. The number of phenols is 1. The summed E-state index contributed by atoms with van der Waals surface area (Å²) in [6, 6.07) is 1.62. The van der Waals surface area contributed by atoms with Crippen LogP contribution in [-0.4, -0.2) is 73.8 Å². The number of carbonyl (C=O) groups is 4. The summed E-state index contributed by atoms with van der Waals surface area (Å²) in [4.78, 5) is 57.1. The van der Waals surface area contributed by atoms with Crippen LogP contribution in [0.5, 0.6) is 5.75 Å². The van der Waals surface area contributed by atoms with Gasteiger partial charge in [0.1, 0.15) is 23.9 Å². The third-order valence-electron chi connectivity index (χ3n) is 5.93. The zero-order valence-corrected chi connectivity index (χ0v) is 21.6. The van der Waals surface area contributed by atoms with Gasteiger partial charge in [-0.25, -0.2) is 9.78 Å². The number of aliphatic carboxylic acids is 1. The van der Waals surface area contributed by atoms with Crippen molar-refractivity contribution in [3.05, 3.63) is 48.0 Å². The Balaban J connectivity index is 2.06. The molecule has 0 fully saturated rings. The monoisotopic (exact) mass is 534 g/mol. The molecule has 0 spiro atoms. The van der Waals surface area contributed by atoms with Crippen molar-refractivity contribution in [2.24, 2.45) is 11.7 Å². The summed E-state index contributed by atoms with van der Waals surface area (Å²) in [5.74, 6) is -3.51. The normalized spacial score (nSPS) is 15.0. The number of hydrogen-bond donors (Lipinski definition) is 8. The number of aromatic nitrogens is 2. The Bertz CT molecular complexity index is 1050. The van der Waals surface area contributed by atoms with Crippen LogP contribution < -0.4 is 21.7 Å². The number of carbonyl (C=O) groups excluding carboxylic acids is 3. The lowest BCUT2D eigenvalue weighted by atomic mass is 9.97. The van der Waals surface area contributed by atoms with Crippen LogP contribution in [0.15, 0.2) is 36.8 Å². The lowest BCUT2D eigenvalue weighted by molar-refractivity contribution is -0.142. The van der Waals surface area contributed by atoms with Gasteiger partial charge in [-0.15, -0.1) is 0 Å². The molecule has 2 rings (SSSR count). The van der Waals surface area contributed by atoms with Gasteiger partial charge in [0.15, 0.2) is 0 Å². The molecule has 2 aromatic rings. The second kappa shape index (κ2) is 14.2. The maximum Gasteiger partial charge on any atom is 0.326 e. The number of nitrogens with zero attached hydrogens (tertiary/aromatic N) is 1. The molecular formula is C24H34N6O6S. The fraction of sp³-hybridized carbons (Fsp3) is 0.458. The van der Waals surface area contributed by atoms with Gasteiger partial charge < -0.3 is 36.9 Å². The van der Waals surface area contributed by atoms with E-state index in [0.717, 1.165) is 0 Å². The number of carboxylic acid groups (broad SMARTS) is 1. The molecule has 5 unspecified atom stereocenters. The van der Waals surface area contributed by atoms with Crippen molar-refractivity contribution in [1.82, 2.24) is 25.9 Å². The first-order valence-corrected chi connectivity index (χ1v) is 12.4. The van der Waals surface area contributed by atoms with E-state index in [1.807, 2.05) is 6.92 Å². The average Bonchev–Trinajstić information content (AvgIpc) is 3.38. The molecule has 1 aromatic carbocycles. The molecule has 8 N–H and O–H groups in total. The minimum atomic E-state index is -1.26. The molecule has 0 aliphatic carbocycles. The van der Waals surface area contributed by atoms with E-state index in [2.05, 4.69) is 38.5 Å². The van der Waals surface area contributed by atoms with Crippen molar-refractivity contribution in [2.45, 2.75) is 57.3 Å². The zero-order valence-electron chi connectivity index (χ0n) is 20.7. The first kappa shape index (κ1) is 29.6. The summed E-state index contributed by atoms with van der Waals surface area (Å²) in [5, 5.41) is 26.7. The van der Waals surface area contributed by atoms with Gasteiger partial charge in [0, 0.05) is 30.5 Å². The van der Waals surface area contributed by atoms with Crippen molar-refractivity contribution in [3.63, 3.8) is 0 Å². The van der Waals surface area contributed by atoms with Crippen LogP contribution in [0.3, 0.4) is 0 Å². The Morgan fingerprint density at radius 1 is 1.03 bits per heavy atom. The standard InChI is InChI=1S/C24H34N6O6S/c1-3-13(2)20(23(34)28-18(24(35)36)8-14-4-6-16(31)7-5-14)30-22(33)19(11-37)29-21(32)17(25)9-15-10-26-12-27-15/h4-7,10,12-13,17-20,31,37H,3,8-9,11,25H2,1-2H3,(H,26,27)(H,28,34)(H,29,32)(H,30,33)(H,35,36). The molecule has 1 heterocycles. The fourth-order valence-corrected chi connectivity index (χ4v) is 3.74. The number of nitrogens with two attached hydrogens (primary N) is 1. The summed E-state index contributed by atoms with van der Waals surface area (Å²) in [5.41, 5.74) is 7.19. The third-order valence-corrected chi connectivity index (χ3v) is 6.30. The minimum absolute atomic E-state index is 0.0218. The van der Waals surface area contributed by atoms with Crippen molar-refractivity contribution in [2.75, 3.05) is 5.75 Å². The number of H-pyrrole nitrogens is 1. The highest BCUT2D eigenvalue weighted by molar-refractivity contribution is 7.80. The number of carboxylic acids is 1. The molecule has 13 heteroatoms. The number of thiol groups is 1. The molecule has 3 amide bonds. The first-order valence-electron chi connectivity index (χ1n) is 11.8. The Hall–Kier alpha value is -3.58. The molecule has 37 heavy (non-hydrogen) atoms. The number of rotatable bonds is 14. The van der Waals surface area contributed by atoms with Crippen LogP contribution in [0.25, 0.3) is 0 Å². The van der Waals surface area contributed by atoms with E-state index >= 15 is 0 Å². The van der Waals surface area contributed by atoms with Crippen molar-refractivity contribution in [3.8, 4) is 5.75 Å². The second-order valence-electron chi connectivity index (χ2n) is 8.77. The quantitative estimate of drug-likeness (QED) is 0.152. The molecule has 0 aliphatic rings. The van der Waals surface area contributed by atoms with Crippen molar-refractivity contribution < 1.29 is 29.4 Å². The Morgan fingerprint density at radius 2 is 1.68 bits per heavy atom. The maximum atomic E-state index is 13.1. The van der Waals surface area contributed by atoms with E-state index < -0.39 is 47.9 Å². The number of nitrogens with one attached hydrogen (secondary N) is 4. The van der Waals surface area contributed by atoms with Gasteiger partial charge in [-0.05, 0) is 23.6 Å². The number of phenolic OH excluding ortho intramolecular Hbond substituents is 1. The molecule has 202 valence electrons. The number of imidazole rings is 1. The van der Waals surface area contributed by atoms with Crippen LogP contribution in [0, 0.1) is 5.92 Å². The molecule has 0 aliphatic heterocycles. The van der Waals surface area contributed by atoms with Gasteiger partial charge in [0.2, 0.25) is 17.7 Å². The Morgan fingerprint density at radius 3 is 2.22 bits per heavy atom. The SMILES string of the molecule is CCC(C)C(NC(=O)C(CS)NC(=O)C(N)Cc1cnc[nH]1)C(=O)NC(Cc1ccc(O)cc1)C(=O)O. The van der Waals surface area contributed by atoms with Crippen LogP contribution in [0.4, 0.5) is 0 Å². The lowest BCUT2D eigenvalue weighted by Gasteiger charge is -2.27. The first-order chi connectivity index (χ1) is 17.5. The highest BCUT2D eigenvalue weighted by Crippen LogP contribution is 2.13. The number of aromatic amines is 1. The summed E-state index contributed by atoms with van der Waals surface area (Å²) >= 11 is 4.15. The van der Waals surface area contributed by atoms with Crippen LogP contribution in [-0.2, 0) is 32.0 Å². The molecular weight excluding hydrogens is 500 g/mol. The highest BCUT2D eigenvalue weighted by atomic mass is 32.1. The smallest absolute Gasteiger partial charge is 0.326 e. The van der Waals surface area contributed by atoms with Gasteiger partial charge in [-0.1, -0.05) is 32.4 Å². The molecule has 0 saturated heterocycles. The number of hydrogen-bond acceptors (Lipinski definition) is 8. The van der Waals surface area contributed by atoms with Gasteiger partial charge in [-0.3, -0.25) is 14.4 Å². The van der Waals surface area contributed by atoms with Gasteiger partial charge in [0.05, 0.1) is 12.4 Å². The Labute approximate surface area is 220 Å². The number of benzene rings is 1. The molecule has 12 nitrogen and oxygen atoms in total. The van der Waals surface area contributed by atoms with Gasteiger partial charge >= 0.3 is 5.97 Å². The van der Waals surface area contributed by atoms with E-state index in [4.69, 9.17) is 5.73 Å². The molecule has 0 saturated carbocycles. The highest BCUT2D eigenvalue weighted by Gasteiger charge is 2.32. The summed E-state index contributed by atoms with van der Waals surface area (Å²) in [7, 11) is 0. The van der Waals surface area contributed by atoms with E-state index in [0.29, 0.717) is 17.7 Å². The number of aromatic hydroxyl groups is 1. The van der Waals surface area contributed by atoms with E-state index in [9.17, 15) is 29.4 Å². The minimum Gasteiger partial charge on any atom is -0.508 e. The fourth-order valence-electron chi connectivity index (χ4n) is 3.48. The predicted octanol–water partition coefficient (Wildman–Crippen LogP) is -0.257. The third kappa shape index (κ3) is 9.10. The lowest BCUT2D eigenvalue weighted by Crippen LogP contribution is -2.59. The number of amides is 3. The van der Waals surface area contributed by atoms with Gasteiger partial charge in [0.25, 0.3) is 0 Å². The van der Waals surface area contributed by atoms with E-state index in [-0.39, 0.29) is 30.3 Å².